The quantitative estimate of drug-likeness (QED) is 0.846. The van der Waals surface area contributed by atoms with E-state index in [1.807, 2.05) is 43.3 Å². The Morgan fingerprint density at radius 3 is 2.57 bits per heavy atom. The van der Waals surface area contributed by atoms with Crippen LogP contribution >= 0.6 is 12.2 Å². The van der Waals surface area contributed by atoms with Gasteiger partial charge in [0.15, 0.2) is 5.11 Å². The Bertz CT molecular complexity index is 647. The molecule has 0 unspecified atom stereocenters. The molecule has 2 rings (SSSR count). The van der Waals surface area contributed by atoms with E-state index in [1.54, 1.807) is 14.2 Å². The van der Waals surface area contributed by atoms with Gasteiger partial charge in [0.05, 0.1) is 19.9 Å². The lowest BCUT2D eigenvalue weighted by molar-refractivity contribution is 0.405. The van der Waals surface area contributed by atoms with E-state index in [0.29, 0.717) is 16.7 Å². The number of methoxy groups -OCH3 is 2. The van der Waals surface area contributed by atoms with Crippen molar-refractivity contribution < 1.29 is 9.47 Å². The second kappa shape index (κ2) is 6.90. The first kappa shape index (κ1) is 15.1. The number of ether oxygens (including phenoxy) is 2. The Labute approximate surface area is 129 Å². The molecule has 0 saturated carbocycles. The van der Waals surface area contributed by atoms with Crippen molar-refractivity contribution >= 4 is 28.8 Å². The molecule has 0 radical (unpaired) electrons. The van der Waals surface area contributed by atoms with Crippen LogP contribution in [0.3, 0.4) is 0 Å². The number of aromatic nitrogens is 1. The molecule has 0 saturated heterocycles. The number of nitrogens with zero attached hydrogens (tertiary/aromatic N) is 1. The topological polar surface area (TPSA) is 55.4 Å². The van der Waals surface area contributed by atoms with E-state index >= 15 is 0 Å². The standard InChI is InChI=1S/C15H17N3O2S/c1-10-5-4-6-14(16-10)18-15(21)17-12-9-11(19-2)7-8-13(12)20-3/h4-9H,1-3H3,(H2,16,17,18,21). The van der Waals surface area contributed by atoms with E-state index in [9.17, 15) is 0 Å². The van der Waals surface area contributed by atoms with Crippen LogP contribution in [0.15, 0.2) is 36.4 Å². The molecule has 0 amide bonds. The zero-order chi connectivity index (χ0) is 15.2. The first-order valence-corrected chi connectivity index (χ1v) is 6.77. The summed E-state index contributed by atoms with van der Waals surface area (Å²) in [6.45, 7) is 1.92. The van der Waals surface area contributed by atoms with Gasteiger partial charge in [-0.15, -0.1) is 0 Å². The molecule has 1 aromatic heterocycles. The minimum atomic E-state index is 0.430. The van der Waals surface area contributed by atoms with Crippen LogP contribution in [0.5, 0.6) is 11.5 Å². The average molecular weight is 303 g/mol. The molecule has 21 heavy (non-hydrogen) atoms. The molecule has 0 aliphatic heterocycles. The van der Waals surface area contributed by atoms with Crippen LogP contribution in [0, 0.1) is 6.92 Å². The molecule has 0 bridgehead atoms. The van der Waals surface area contributed by atoms with Gasteiger partial charge in [-0.05, 0) is 43.4 Å². The molecule has 2 aromatic rings. The fourth-order valence-corrected chi connectivity index (χ4v) is 2.01. The van der Waals surface area contributed by atoms with Gasteiger partial charge in [0, 0.05) is 11.8 Å². The summed E-state index contributed by atoms with van der Waals surface area (Å²) in [5, 5.41) is 6.54. The summed E-state index contributed by atoms with van der Waals surface area (Å²) < 4.78 is 10.5. The smallest absolute Gasteiger partial charge is 0.176 e. The van der Waals surface area contributed by atoms with Crippen LogP contribution in [0.1, 0.15) is 5.69 Å². The van der Waals surface area contributed by atoms with E-state index in [4.69, 9.17) is 21.7 Å². The van der Waals surface area contributed by atoms with Crippen LogP contribution in [0.4, 0.5) is 11.5 Å². The van der Waals surface area contributed by atoms with Crippen LogP contribution < -0.4 is 20.1 Å². The molecular formula is C15H17N3O2S. The van der Waals surface area contributed by atoms with Gasteiger partial charge < -0.3 is 20.1 Å². The van der Waals surface area contributed by atoms with Gasteiger partial charge in [0.25, 0.3) is 0 Å². The maximum atomic E-state index is 5.29. The Hall–Kier alpha value is -2.34. The van der Waals surface area contributed by atoms with Gasteiger partial charge in [0.2, 0.25) is 0 Å². The van der Waals surface area contributed by atoms with Crippen LogP contribution in [0.2, 0.25) is 0 Å². The Morgan fingerprint density at radius 1 is 1.10 bits per heavy atom. The lowest BCUT2D eigenvalue weighted by atomic mass is 10.2. The number of aryl methyl sites for hydroxylation is 1. The van der Waals surface area contributed by atoms with E-state index in [1.165, 1.54) is 0 Å². The predicted molar refractivity (Wildman–Crippen MR) is 88.4 cm³/mol. The van der Waals surface area contributed by atoms with Crippen molar-refractivity contribution in [1.29, 1.82) is 0 Å². The highest BCUT2D eigenvalue weighted by molar-refractivity contribution is 7.80. The van der Waals surface area contributed by atoms with Crippen molar-refractivity contribution in [3.63, 3.8) is 0 Å². The minimum Gasteiger partial charge on any atom is -0.497 e. The second-order valence-corrected chi connectivity index (χ2v) is 4.72. The van der Waals surface area contributed by atoms with Crippen molar-refractivity contribution in [3.05, 3.63) is 42.1 Å². The molecule has 110 valence electrons. The largest absolute Gasteiger partial charge is 0.497 e. The fourth-order valence-electron chi connectivity index (χ4n) is 1.79. The zero-order valence-electron chi connectivity index (χ0n) is 12.1. The fraction of sp³-hybridized carbons (Fsp3) is 0.200. The van der Waals surface area contributed by atoms with E-state index in [0.717, 1.165) is 17.1 Å². The molecule has 0 fully saturated rings. The first-order chi connectivity index (χ1) is 10.1. The van der Waals surface area contributed by atoms with Gasteiger partial charge in [-0.1, -0.05) is 6.07 Å². The number of nitrogens with one attached hydrogen (secondary N) is 2. The van der Waals surface area contributed by atoms with Crippen molar-refractivity contribution in [3.8, 4) is 11.5 Å². The van der Waals surface area contributed by atoms with Crippen LogP contribution in [0.25, 0.3) is 0 Å². The molecular weight excluding hydrogens is 286 g/mol. The summed E-state index contributed by atoms with van der Waals surface area (Å²) in [7, 11) is 3.21. The predicted octanol–water partition coefficient (Wildman–Crippen LogP) is 3.22. The number of rotatable bonds is 4. The van der Waals surface area contributed by atoms with E-state index in [2.05, 4.69) is 15.6 Å². The van der Waals surface area contributed by atoms with Crippen molar-refractivity contribution in [2.45, 2.75) is 6.92 Å². The summed E-state index contributed by atoms with van der Waals surface area (Å²) in [6, 6.07) is 11.1. The third kappa shape index (κ3) is 4.06. The number of hydrogen-bond donors (Lipinski definition) is 2. The molecule has 1 aromatic carbocycles. The Morgan fingerprint density at radius 2 is 1.90 bits per heavy atom. The summed E-state index contributed by atoms with van der Waals surface area (Å²) in [4.78, 5) is 4.34. The monoisotopic (exact) mass is 303 g/mol. The van der Waals surface area contributed by atoms with Crippen molar-refractivity contribution in [1.82, 2.24) is 4.98 Å². The maximum Gasteiger partial charge on any atom is 0.176 e. The minimum absolute atomic E-state index is 0.430. The summed E-state index contributed by atoms with van der Waals surface area (Å²) in [6.07, 6.45) is 0. The summed E-state index contributed by atoms with van der Waals surface area (Å²) in [5.74, 6) is 2.08. The molecule has 1 heterocycles. The molecule has 2 N–H and O–H groups in total. The van der Waals surface area contributed by atoms with Gasteiger partial charge in [-0.3, -0.25) is 0 Å². The van der Waals surface area contributed by atoms with Crippen LogP contribution in [-0.2, 0) is 0 Å². The molecule has 6 heteroatoms. The molecule has 0 spiro atoms. The van der Waals surface area contributed by atoms with Gasteiger partial charge in [-0.25, -0.2) is 4.98 Å². The zero-order valence-corrected chi connectivity index (χ0v) is 13.0. The SMILES string of the molecule is COc1ccc(OC)c(NC(=S)Nc2cccc(C)n2)c1. The highest BCUT2D eigenvalue weighted by Gasteiger charge is 2.07. The van der Waals surface area contributed by atoms with E-state index in [-0.39, 0.29) is 0 Å². The summed E-state index contributed by atoms with van der Waals surface area (Å²) >= 11 is 5.29. The molecule has 0 aliphatic rings. The Kier molecular flexibility index (Phi) is 4.94. The van der Waals surface area contributed by atoms with Gasteiger partial charge in [-0.2, -0.15) is 0 Å². The third-order valence-corrected chi connectivity index (χ3v) is 2.99. The number of hydrogen-bond acceptors (Lipinski definition) is 4. The summed E-state index contributed by atoms with van der Waals surface area (Å²) in [5.41, 5.74) is 1.64. The molecule has 0 aliphatic carbocycles. The van der Waals surface area contributed by atoms with E-state index < -0.39 is 0 Å². The van der Waals surface area contributed by atoms with Gasteiger partial charge in [0.1, 0.15) is 17.3 Å². The average Bonchev–Trinajstić information content (AvgIpc) is 2.47. The number of pyridine rings is 1. The Balaban J connectivity index is 2.12. The lowest BCUT2D eigenvalue weighted by Crippen LogP contribution is -2.20. The molecule has 5 nitrogen and oxygen atoms in total. The highest BCUT2D eigenvalue weighted by atomic mass is 32.1. The molecule has 0 atom stereocenters. The lowest BCUT2D eigenvalue weighted by Gasteiger charge is -2.14. The first-order valence-electron chi connectivity index (χ1n) is 6.36. The van der Waals surface area contributed by atoms with Gasteiger partial charge >= 0.3 is 0 Å². The van der Waals surface area contributed by atoms with Crippen LogP contribution in [-0.4, -0.2) is 24.3 Å². The number of thiocarbonyl (C=S) groups is 1. The normalized spacial score (nSPS) is 9.86. The number of anilines is 2. The highest BCUT2D eigenvalue weighted by Crippen LogP contribution is 2.28. The maximum absolute atomic E-state index is 5.29. The third-order valence-electron chi connectivity index (χ3n) is 2.78. The second-order valence-electron chi connectivity index (χ2n) is 4.31. The number of benzene rings is 1. The van der Waals surface area contributed by atoms with Crippen molar-refractivity contribution in [2.24, 2.45) is 0 Å². The van der Waals surface area contributed by atoms with Crippen molar-refractivity contribution in [2.75, 3.05) is 24.9 Å².